The van der Waals surface area contributed by atoms with Crippen LogP contribution in [0.1, 0.15) is 65.9 Å². The fourth-order valence-corrected chi connectivity index (χ4v) is 4.25. The predicted octanol–water partition coefficient (Wildman–Crippen LogP) is 4.90. The van der Waals surface area contributed by atoms with E-state index < -0.39 is 0 Å². The molecule has 120 valence electrons. The molecule has 23 heavy (non-hydrogen) atoms. The van der Waals surface area contributed by atoms with Crippen LogP contribution < -0.4 is 4.57 Å². The summed E-state index contributed by atoms with van der Waals surface area (Å²) in [5, 5.41) is 0. The van der Waals surface area contributed by atoms with Crippen molar-refractivity contribution in [1.29, 1.82) is 0 Å². The zero-order valence-electron chi connectivity index (χ0n) is 14.7. The Balaban J connectivity index is 1.90. The number of aryl methyl sites for hydroxylation is 1. The molecule has 0 N–H and O–H groups in total. The van der Waals surface area contributed by atoms with E-state index >= 15 is 0 Å². The second kappa shape index (κ2) is 10.2. The first-order chi connectivity index (χ1) is 11.2. The van der Waals surface area contributed by atoms with Crippen molar-refractivity contribution in [3.63, 3.8) is 0 Å². The number of nitrogens with zero attached hydrogens (tertiary/aromatic N) is 1. The molecule has 1 atom stereocenters. The van der Waals surface area contributed by atoms with Gasteiger partial charge in [-0.25, -0.2) is 0 Å². The second-order valence-corrected chi connectivity index (χ2v) is 8.82. The zero-order chi connectivity index (χ0) is 16.5. The number of benzene rings is 1. The molecule has 1 nitrogen and oxygen atoms in total. The summed E-state index contributed by atoms with van der Waals surface area (Å²) in [6.45, 7) is 5.49. The second-order valence-electron chi connectivity index (χ2n) is 6.52. The van der Waals surface area contributed by atoms with Gasteiger partial charge in [0.15, 0.2) is 0 Å². The van der Waals surface area contributed by atoms with Crippen LogP contribution in [-0.2, 0) is 6.54 Å². The van der Waals surface area contributed by atoms with Crippen LogP contribution in [0.4, 0.5) is 0 Å². The molecule has 0 saturated carbocycles. The summed E-state index contributed by atoms with van der Waals surface area (Å²) >= 11 is 1.33. The van der Waals surface area contributed by atoms with Crippen LogP contribution in [-0.4, -0.2) is 24.4 Å². The zero-order valence-corrected chi connectivity index (χ0v) is 18.0. The van der Waals surface area contributed by atoms with Crippen molar-refractivity contribution in [3.05, 3.63) is 65.5 Å². The van der Waals surface area contributed by atoms with E-state index in [0.29, 0.717) is 0 Å². The van der Waals surface area contributed by atoms with E-state index in [4.69, 9.17) is 0 Å². The van der Waals surface area contributed by atoms with Gasteiger partial charge in [-0.3, -0.25) is 0 Å². The Morgan fingerprint density at radius 3 is 2.43 bits per heavy atom. The fourth-order valence-electron chi connectivity index (χ4n) is 2.99. The van der Waals surface area contributed by atoms with Gasteiger partial charge in [0.05, 0.1) is 0 Å². The minimum absolute atomic E-state index is 0.798. The third-order valence-corrected chi connectivity index (χ3v) is 6.57. The van der Waals surface area contributed by atoms with E-state index in [1.54, 1.807) is 5.56 Å². The summed E-state index contributed by atoms with van der Waals surface area (Å²) < 4.78 is 3.15. The van der Waals surface area contributed by atoms with Crippen molar-refractivity contribution in [3.8, 4) is 0 Å². The van der Waals surface area contributed by atoms with E-state index in [9.17, 15) is 0 Å². The van der Waals surface area contributed by atoms with Crippen molar-refractivity contribution in [1.82, 2.24) is 0 Å². The Morgan fingerprint density at radius 1 is 1.00 bits per heavy atom. The molecule has 1 unspecified atom stereocenters. The van der Waals surface area contributed by atoms with Gasteiger partial charge in [0.1, 0.15) is 0 Å². The van der Waals surface area contributed by atoms with Crippen LogP contribution in [0, 0.1) is 6.92 Å². The van der Waals surface area contributed by atoms with E-state index in [-0.39, 0.29) is 0 Å². The quantitative estimate of drug-likeness (QED) is 0.409. The normalized spacial score (nSPS) is 12.3. The molecule has 2 radical (unpaired) electrons. The maximum absolute atomic E-state index is 2.41. The van der Waals surface area contributed by atoms with Gasteiger partial charge in [-0.2, -0.15) is 0 Å². The van der Waals surface area contributed by atoms with Crippen LogP contribution in [0.2, 0.25) is 0 Å². The third kappa shape index (κ3) is 6.33. The maximum atomic E-state index is 2.41. The Morgan fingerprint density at radius 2 is 1.74 bits per heavy atom. The molecule has 2 heteroatoms. The van der Waals surface area contributed by atoms with Gasteiger partial charge in [0, 0.05) is 0 Å². The first-order valence-corrected chi connectivity index (χ1v) is 10.9. The SMILES string of the molecule is CCCCCCC[CH]([In])c1cc[n+](Cc2ccccc2)c(C)c1. The summed E-state index contributed by atoms with van der Waals surface area (Å²) in [6, 6.07) is 15.5. The van der Waals surface area contributed by atoms with Crippen LogP contribution in [0.3, 0.4) is 0 Å². The monoisotopic (exact) mass is 410 g/mol. The van der Waals surface area contributed by atoms with Gasteiger partial charge >= 0.3 is 157 Å². The average molecular weight is 410 g/mol. The molecule has 0 aliphatic heterocycles. The van der Waals surface area contributed by atoms with Gasteiger partial charge < -0.3 is 0 Å². The Hall–Kier alpha value is -0.760. The van der Waals surface area contributed by atoms with Gasteiger partial charge in [-0.05, 0) is 0 Å². The molecule has 0 aliphatic rings. The van der Waals surface area contributed by atoms with E-state index in [2.05, 4.69) is 67.1 Å². The first-order valence-electron chi connectivity index (χ1n) is 9.00. The van der Waals surface area contributed by atoms with E-state index in [1.165, 1.54) is 74.2 Å². The van der Waals surface area contributed by atoms with E-state index in [0.717, 1.165) is 10.2 Å². The number of aromatic nitrogens is 1. The van der Waals surface area contributed by atoms with Crippen LogP contribution in [0.15, 0.2) is 48.7 Å². The summed E-state index contributed by atoms with van der Waals surface area (Å²) in [4.78, 5) is 0. The predicted molar refractivity (Wildman–Crippen MR) is 98.8 cm³/mol. The third-order valence-electron chi connectivity index (χ3n) is 4.52. The van der Waals surface area contributed by atoms with Crippen molar-refractivity contribution in [2.45, 2.75) is 62.6 Å². The summed E-state index contributed by atoms with van der Waals surface area (Å²) in [7, 11) is 0. The number of hydrogen-bond acceptors (Lipinski definition) is 0. The minimum atomic E-state index is 0.798. The van der Waals surface area contributed by atoms with Gasteiger partial charge in [0.25, 0.3) is 0 Å². The fraction of sp³-hybridized carbons (Fsp3) is 0.476. The number of rotatable bonds is 9. The molecule has 1 aromatic heterocycles. The standard InChI is InChI=1S/C21H29N.In/c1-3-4-5-6-7-9-12-20-15-16-22(19(2)17-20)18-21-13-10-8-11-14-21;/h8,10-17H,3-7,9,18H2,1-2H3;/q+1;. The first kappa shape index (κ1) is 18.6. The molecule has 0 amide bonds. The van der Waals surface area contributed by atoms with Crippen LogP contribution >= 0.6 is 0 Å². The molecule has 2 aromatic rings. The molecule has 0 aliphatic carbocycles. The van der Waals surface area contributed by atoms with Gasteiger partial charge in [0.2, 0.25) is 0 Å². The molecule has 1 aromatic carbocycles. The molecule has 0 bridgehead atoms. The van der Waals surface area contributed by atoms with E-state index in [1.807, 2.05) is 0 Å². The average Bonchev–Trinajstić information content (AvgIpc) is 2.57. The van der Waals surface area contributed by atoms with Crippen molar-refractivity contribution in [2.24, 2.45) is 0 Å². The summed E-state index contributed by atoms with van der Waals surface area (Å²) in [5.41, 5.74) is 4.28. The Labute approximate surface area is 156 Å². The van der Waals surface area contributed by atoms with Crippen LogP contribution in [0.5, 0.6) is 0 Å². The Kier molecular flexibility index (Phi) is 8.22. The number of pyridine rings is 1. The Bertz CT molecular complexity index is 580. The number of hydrogen-bond donors (Lipinski definition) is 0. The summed E-state index contributed by atoms with van der Waals surface area (Å²) in [5.74, 6) is 0. The van der Waals surface area contributed by atoms with Gasteiger partial charge in [-0.15, -0.1) is 0 Å². The van der Waals surface area contributed by atoms with Gasteiger partial charge in [-0.1, -0.05) is 0 Å². The number of unbranched alkanes of at least 4 members (excludes halogenated alkanes) is 4. The molecule has 2 rings (SSSR count). The topological polar surface area (TPSA) is 3.88 Å². The molecular formula is C21H29InN+. The van der Waals surface area contributed by atoms with Crippen molar-refractivity contribution in [2.75, 3.05) is 0 Å². The summed E-state index contributed by atoms with van der Waals surface area (Å²) in [6.07, 6.45) is 10.6. The molecule has 0 saturated heterocycles. The van der Waals surface area contributed by atoms with Crippen LogP contribution in [0.25, 0.3) is 0 Å². The molecule has 0 fully saturated rings. The van der Waals surface area contributed by atoms with Crippen molar-refractivity contribution < 1.29 is 4.57 Å². The van der Waals surface area contributed by atoms with Crippen molar-refractivity contribution >= 4 is 24.4 Å². The molecule has 1 heterocycles. The molecular weight excluding hydrogens is 381 g/mol. The molecule has 0 spiro atoms.